The monoisotopic (exact) mass is 306 g/mol. The Bertz CT molecular complexity index is 697. The maximum Gasteiger partial charge on any atom is 0.257 e. The van der Waals surface area contributed by atoms with Gasteiger partial charge in [-0.15, -0.1) is 21.5 Å². The van der Waals surface area contributed by atoms with Gasteiger partial charge in [0.05, 0.1) is 9.90 Å². The van der Waals surface area contributed by atoms with E-state index in [1.807, 2.05) is 36.6 Å². The molecule has 0 aliphatic rings. The number of halogens is 1. The average molecular weight is 307 g/mol. The summed E-state index contributed by atoms with van der Waals surface area (Å²) in [4.78, 5) is 0.939. The third-order valence-corrected chi connectivity index (χ3v) is 3.83. The third kappa shape index (κ3) is 2.69. The number of hydrogen-bond donors (Lipinski definition) is 0. The van der Waals surface area contributed by atoms with Gasteiger partial charge in [-0.3, -0.25) is 0 Å². The molecule has 0 N–H and O–H groups in total. The summed E-state index contributed by atoms with van der Waals surface area (Å²) in [6.07, 6.45) is -0.365. The predicted octanol–water partition coefficient (Wildman–Crippen LogP) is 4.59. The Morgan fingerprint density at radius 2 is 2.05 bits per heavy atom. The summed E-state index contributed by atoms with van der Waals surface area (Å²) in [5, 5.41) is 10.6. The molecule has 0 radical (unpaired) electrons. The molecule has 6 heteroatoms. The molecule has 0 bridgehead atoms. The molecule has 2 heterocycles. The van der Waals surface area contributed by atoms with Crippen LogP contribution in [0.1, 0.15) is 18.9 Å². The lowest BCUT2D eigenvalue weighted by atomic mass is 10.3. The van der Waals surface area contributed by atoms with Gasteiger partial charge in [0.2, 0.25) is 0 Å². The molecule has 0 spiro atoms. The van der Waals surface area contributed by atoms with Crippen LogP contribution < -0.4 is 4.74 Å². The Hall–Kier alpha value is -1.85. The summed E-state index contributed by atoms with van der Waals surface area (Å²) < 4.78 is 11.4. The smallest absolute Gasteiger partial charge is 0.257 e. The van der Waals surface area contributed by atoms with Crippen LogP contribution in [0.4, 0.5) is 0 Å². The van der Waals surface area contributed by atoms with Gasteiger partial charge in [0.1, 0.15) is 5.75 Å². The summed E-state index contributed by atoms with van der Waals surface area (Å²) in [7, 11) is 0. The van der Waals surface area contributed by atoms with Crippen LogP contribution in [0.3, 0.4) is 0 Å². The van der Waals surface area contributed by atoms with E-state index in [2.05, 4.69) is 10.2 Å². The zero-order chi connectivity index (χ0) is 13.9. The number of hydrogen-bond acceptors (Lipinski definition) is 5. The summed E-state index contributed by atoms with van der Waals surface area (Å²) in [6, 6.07) is 11.2. The molecule has 3 aromatic rings. The third-order valence-electron chi connectivity index (χ3n) is 2.66. The van der Waals surface area contributed by atoms with Gasteiger partial charge in [0, 0.05) is 0 Å². The Morgan fingerprint density at radius 3 is 2.80 bits per heavy atom. The molecule has 1 unspecified atom stereocenters. The van der Waals surface area contributed by atoms with E-state index >= 15 is 0 Å². The second kappa shape index (κ2) is 5.64. The average Bonchev–Trinajstić information content (AvgIpc) is 3.11. The SMILES string of the molecule is CC(Oc1ccccc1Cl)c1nnc(-c2cccs2)o1. The maximum absolute atomic E-state index is 6.05. The molecule has 4 nitrogen and oxygen atoms in total. The quantitative estimate of drug-likeness (QED) is 0.707. The number of ether oxygens (including phenoxy) is 1. The fourth-order valence-corrected chi connectivity index (χ4v) is 2.50. The molecular weight excluding hydrogens is 296 g/mol. The molecule has 0 aliphatic carbocycles. The van der Waals surface area contributed by atoms with Crippen molar-refractivity contribution in [1.29, 1.82) is 0 Å². The molecule has 3 rings (SSSR count). The molecule has 102 valence electrons. The van der Waals surface area contributed by atoms with Gasteiger partial charge in [-0.2, -0.15) is 0 Å². The van der Waals surface area contributed by atoms with E-state index in [0.717, 1.165) is 4.88 Å². The van der Waals surface area contributed by atoms with Gasteiger partial charge < -0.3 is 9.15 Å². The minimum absolute atomic E-state index is 0.365. The Labute approximate surface area is 125 Å². The number of nitrogens with zero attached hydrogens (tertiary/aromatic N) is 2. The Kier molecular flexibility index (Phi) is 3.71. The fourth-order valence-electron chi connectivity index (χ4n) is 1.68. The summed E-state index contributed by atoms with van der Waals surface area (Å²) in [5.74, 6) is 1.52. The largest absolute Gasteiger partial charge is 0.479 e. The van der Waals surface area contributed by atoms with Gasteiger partial charge in [0.15, 0.2) is 6.10 Å². The highest BCUT2D eigenvalue weighted by Gasteiger charge is 2.17. The van der Waals surface area contributed by atoms with E-state index in [0.29, 0.717) is 22.6 Å². The summed E-state index contributed by atoms with van der Waals surface area (Å²) >= 11 is 7.60. The second-order valence-corrected chi connectivity index (χ2v) is 5.47. The van der Waals surface area contributed by atoms with E-state index in [4.69, 9.17) is 20.8 Å². The normalized spacial score (nSPS) is 12.3. The van der Waals surface area contributed by atoms with Gasteiger partial charge in [0.25, 0.3) is 11.8 Å². The molecule has 0 fully saturated rings. The lowest BCUT2D eigenvalue weighted by Gasteiger charge is -2.11. The van der Waals surface area contributed by atoms with Crippen LogP contribution in [0.25, 0.3) is 10.8 Å². The topological polar surface area (TPSA) is 48.2 Å². The highest BCUT2D eigenvalue weighted by Crippen LogP contribution is 2.30. The van der Waals surface area contributed by atoms with Crippen LogP contribution in [-0.2, 0) is 0 Å². The first-order valence-corrected chi connectivity index (χ1v) is 7.28. The molecule has 0 amide bonds. The van der Waals surface area contributed by atoms with Crippen LogP contribution in [-0.4, -0.2) is 10.2 Å². The minimum atomic E-state index is -0.365. The van der Waals surface area contributed by atoms with Crippen molar-refractivity contribution in [3.8, 4) is 16.5 Å². The molecule has 0 saturated heterocycles. The van der Waals surface area contributed by atoms with Gasteiger partial charge in [-0.05, 0) is 30.5 Å². The Balaban J connectivity index is 1.78. The van der Waals surface area contributed by atoms with Crippen molar-refractivity contribution in [1.82, 2.24) is 10.2 Å². The molecule has 0 aliphatic heterocycles. The summed E-state index contributed by atoms with van der Waals surface area (Å²) in [5.41, 5.74) is 0. The van der Waals surface area contributed by atoms with Crippen molar-refractivity contribution < 1.29 is 9.15 Å². The van der Waals surface area contributed by atoms with Crippen molar-refractivity contribution in [2.24, 2.45) is 0 Å². The van der Waals surface area contributed by atoms with Gasteiger partial charge in [-0.1, -0.05) is 29.8 Å². The second-order valence-electron chi connectivity index (χ2n) is 4.11. The highest BCUT2D eigenvalue weighted by atomic mass is 35.5. The molecule has 1 atom stereocenters. The van der Waals surface area contributed by atoms with Crippen molar-refractivity contribution >= 4 is 22.9 Å². The number of aromatic nitrogens is 2. The maximum atomic E-state index is 6.05. The van der Waals surface area contributed by atoms with E-state index in [9.17, 15) is 0 Å². The highest BCUT2D eigenvalue weighted by molar-refractivity contribution is 7.13. The number of rotatable bonds is 4. The first-order valence-electron chi connectivity index (χ1n) is 6.02. The van der Waals surface area contributed by atoms with Crippen molar-refractivity contribution in [3.05, 3.63) is 52.7 Å². The number of thiophene rings is 1. The van der Waals surface area contributed by atoms with E-state index < -0.39 is 0 Å². The molecule has 1 aromatic carbocycles. The van der Waals surface area contributed by atoms with Gasteiger partial charge in [-0.25, -0.2) is 0 Å². The van der Waals surface area contributed by atoms with Crippen LogP contribution in [0.5, 0.6) is 5.75 Å². The van der Waals surface area contributed by atoms with Crippen molar-refractivity contribution in [2.45, 2.75) is 13.0 Å². The zero-order valence-corrected chi connectivity index (χ0v) is 12.2. The van der Waals surface area contributed by atoms with Crippen LogP contribution in [0.15, 0.2) is 46.2 Å². The van der Waals surface area contributed by atoms with Gasteiger partial charge >= 0.3 is 0 Å². The number of benzene rings is 1. The van der Waals surface area contributed by atoms with E-state index in [1.54, 1.807) is 23.5 Å². The minimum Gasteiger partial charge on any atom is -0.479 e. The van der Waals surface area contributed by atoms with Crippen LogP contribution in [0.2, 0.25) is 5.02 Å². The lowest BCUT2D eigenvalue weighted by molar-refractivity contribution is 0.190. The fraction of sp³-hybridized carbons (Fsp3) is 0.143. The predicted molar refractivity (Wildman–Crippen MR) is 78.1 cm³/mol. The molecule has 0 saturated carbocycles. The molecule has 20 heavy (non-hydrogen) atoms. The molecule has 2 aromatic heterocycles. The number of para-hydroxylation sites is 1. The van der Waals surface area contributed by atoms with Crippen molar-refractivity contribution in [2.75, 3.05) is 0 Å². The van der Waals surface area contributed by atoms with E-state index in [-0.39, 0.29) is 6.10 Å². The van der Waals surface area contributed by atoms with Crippen molar-refractivity contribution in [3.63, 3.8) is 0 Å². The lowest BCUT2D eigenvalue weighted by Crippen LogP contribution is -2.03. The van der Waals surface area contributed by atoms with E-state index in [1.165, 1.54) is 0 Å². The standard InChI is InChI=1S/C14H11ClN2O2S/c1-9(18-11-6-3-2-5-10(11)15)13-16-17-14(19-13)12-7-4-8-20-12/h2-9H,1H3. The molecular formula is C14H11ClN2O2S. The summed E-state index contributed by atoms with van der Waals surface area (Å²) in [6.45, 7) is 1.84. The Morgan fingerprint density at radius 1 is 1.20 bits per heavy atom. The zero-order valence-electron chi connectivity index (χ0n) is 10.6. The first-order chi connectivity index (χ1) is 9.74. The van der Waals surface area contributed by atoms with Crippen LogP contribution in [0, 0.1) is 0 Å². The first kappa shape index (κ1) is 13.1. The van der Waals surface area contributed by atoms with Crippen LogP contribution >= 0.6 is 22.9 Å².